The van der Waals surface area contributed by atoms with Crippen molar-refractivity contribution >= 4 is 54.2 Å². The Labute approximate surface area is 205 Å². The van der Waals surface area contributed by atoms with Gasteiger partial charge in [0.25, 0.3) is 0 Å². The van der Waals surface area contributed by atoms with Gasteiger partial charge in [0.05, 0.1) is 22.4 Å². The number of thiophene rings is 1. The summed E-state index contributed by atoms with van der Waals surface area (Å²) >= 11 is 1.85. The molecule has 0 N–H and O–H groups in total. The number of fused-ring (bicyclic) bond motifs is 8. The number of benzene rings is 5. The smallest absolute Gasteiger partial charge is 0.0817 e. The molecule has 2 aliphatic heterocycles. The third kappa shape index (κ3) is 2.64. The van der Waals surface area contributed by atoms with Crippen LogP contribution in [-0.4, -0.2) is 5.71 Å². The molecule has 0 unspecified atom stereocenters. The van der Waals surface area contributed by atoms with Gasteiger partial charge in [-0.2, -0.15) is 0 Å². The Morgan fingerprint density at radius 3 is 2.29 bits per heavy atom. The first-order valence-electron chi connectivity index (χ1n) is 11.8. The van der Waals surface area contributed by atoms with E-state index < -0.39 is 0 Å². The third-order valence-corrected chi connectivity index (χ3v) is 8.16. The Balaban J connectivity index is 1.50. The second-order valence-corrected chi connectivity index (χ2v) is 10.0. The van der Waals surface area contributed by atoms with Gasteiger partial charge in [0, 0.05) is 47.7 Å². The van der Waals surface area contributed by atoms with Crippen molar-refractivity contribution in [1.82, 2.24) is 0 Å². The lowest BCUT2D eigenvalue weighted by Gasteiger charge is -2.10. The summed E-state index contributed by atoms with van der Waals surface area (Å²) in [6.07, 6.45) is 0. The summed E-state index contributed by atoms with van der Waals surface area (Å²) in [5.41, 5.74) is 8.96. The lowest BCUT2D eigenvalue weighted by molar-refractivity contribution is 1.39. The van der Waals surface area contributed by atoms with Crippen LogP contribution in [0.1, 0.15) is 11.1 Å². The minimum Gasteiger partial charge on any atom is -0.248 e. The zero-order valence-electron chi connectivity index (χ0n) is 18.7. The van der Waals surface area contributed by atoms with Crippen LogP contribution < -0.4 is 10.6 Å². The normalized spacial score (nSPS) is 13.5. The highest BCUT2D eigenvalue weighted by Crippen LogP contribution is 2.42. The van der Waals surface area contributed by atoms with E-state index in [4.69, 9.17) is 9.98 Å². The maximum atomic E-state index is 5.41. The standard InChI is InChI=1S/C32H18N2S/c1-2-9-19(10-3-1)28-23-17-18-25-30(20-11-4-6-14-24(20)33-25)32(23)34-31(28)22-13-8-16-27-29(22)21-12-5-7-15-26(21)35-27/h1-18H. The van der Waals surface area contributed by atoms with Gasteiger partial charge >= 0.3 is 0 Å². The van der Waals surface area contributed by atoms with Gasteiger partial charge in [-0.15, -0.1) is 11.3 Å². The molecule has 0 amide bonds. The summed E-state index contributed by atoms with van der Waals surface area (Å²) < 4.78 is 2.60. The molecule has 3 heterocycles. The molecule has 2 aliphatic rings. The fraction of sp³-hybridized carbons (Fsp3) is 0. The second kappa shape index (κ2) is 7.08. The van der Waals surface area contributed by atoms with Crippen LogP contribution in [0.4, 0.5) is 11.4 Å². The molecule has 3 heteroatoms. The minimum atomic E-state index is 1.00. The highest BCUT2D eigenvalue weighted by atomic mass is 32.1. The minimum absolute atomic E-state index is 1.00. The molecule has 1 aromatic heterocycles. The number of hydrogen-bond donors (Lipinski definition) is 0. The summed E-state index contributed by atoms with van der Waals surface area (Å²) in [6.45, 7) is 0. The largest absolute Gasteiger partial charge is 0.248 e. The number of rotatable bonds is 2. The van der Waals surface area contributed by atoms with Crippen molar-refractivity contribution in [3.63, 3.8) is 0 Å². The molecule has 6 aromatic rings. The topological polar surface area (TPSA) is 24.7 Å². The van der Waals surface area contributed by atoms with Gasteiger partial charge in [0.1, 0.15) is 0 Å². The van der Waals surface area contributed by atoms with Crippen molar-refractivity contribution in [3.8, 4) is 11.1 Å². The summed E-state index contributed by atoms with van der Waals surface area (Å²) in [4.78, 5) is 10.3. The first-order valence-corrected chi connectivity index (χ1v) is 12.6. The SMILES string of the molecule is c1ccc(C2=c3ccc4c(c3N=C2c2cccc3sc5ccccc5c23)-c2ccccc2N=4)cc1. The molecule has 0 spiro atoms. The van der Waals surface area contributed by atoms with Gasteiger partial charge in [-0.1, -0.05) is 78.9 Å². The Hall–Kier alpha value is -4.34. The number of aliphatic imine (C=N–C) groups is 1. The summed E-state index contributed by atoms with van der Waals surface area (Å²) in [7, 11) is 0. The van der Waals surface area contributed by atoms with Crippen LogP contribution in [0.5, 0.6) is 0 Å². The summed E-state index contributed by atoms with van der Waals surface area (Å²) in [5, 5.41) is 4.75. The average molecular weight is 463 g/mol. The molecule has 0 atom stereocenters. The fourth-order valence-corrected chi connectivity index (χ4v) is 6.66. The van der Waals surface area contributed by atoms with Crippen LogP contribution in [0.2, 0.25) is 0 Å². The average Bonchev–Trinajstić information content (AvgIpc) is 3.59. The number of para-hydroxylation sites is 1. The maximum Gasteiger partial charge on any atom is 0.0817 e. The van der Waals surface area contributed by atoms with Gasteiger partial charge in [-0.25, -0.2) is 9.98 Å². The van der Waals surface area contributed by atoms with Crippen LogP contribution >= 0.6 is 11.3 Å². The highest BCUT2D eigenvalue weighted by molar-refractivity contribution is 7.25. The third-order valence-electron chi connectivity index (χ3n) is 7.02. The van der Waals surface area contributed by atoms with Crippen molar-refractivity contribution in [2.75, 3.05) is 0 Å². The predicted octanol–water partition coefficient (Wildman–Crippen LogP) is 7.32. The van der Waals surface area contributed by atoms with E-state index in [-0.39, 0.29) is 0 Å². The van der Waals surface area contributed by atoms with E-state index in [2.05, 4.69) is 103 Å². The molecule has 0 aliphatic carbocycles. The monoisotopic (exact) mass is 462 g/mol. The first-order chi connectivity index (χ1) is 17.4. The van der Waals surface area contributed by atoms with E-state index in [1.165, 1.54) is 42.1 Å². The molecule has 5 aromatic carbocycles. The lowest BCUT2D eigenvalue weighted by Crippen LogP contribution is -2.14. The molecule has 0 fully saturated rings. The maximum absolute atomic E-state index is 5.41. The Morgan fingerprint density at radius 1 is 0.571 bits per heavy atom. The van der Waals surface area contributed by atoms with Crippen molar-refractivity contribution < 1.29 is 0 Å². The first kappa shape index (κ1) is 19.0. The van der Waals surface area contributed by atoms with Crippen LogP contribution in [0.15, 0.2) is 119 Å². The van der Waals surface area contributed by atoms with Crippen LogP contribution in [0.3, 0.4) is 0 Å². The van der Waals surface area contributed by atoms with E-state index in [1.807, 2.05) is 17.4 Å². The molecule has 2 nitrogen and oxygen atoms in total. The van der Waals surface area contributed by atoms with Crippen molar-refractivity contribution in [1.29, 1.82) is 0 Å². The van der Waals surface area contributed by atoms with E-state index in [0.29, 0.717) is 0 Å². The molecule has 0 saturated heterocycles. The van der Waals surface area contributed by atoms with E-state index in [9.17, 15) is 0 Å². The molecular formula is C32H18N2S. The van der Waals surface area contributed by atoms with Crippen LogP contribution in [-0.2, 0) is 0 Å². The molecule has 0 bridgehead atoms. The van der Waals surface area contributed by atoms with Crippen molar-refractivity contribution in [3.05, 3.63) is 131 Å². The zero-order chi connectivity index (χ0) is 22.9. The van der Waals surface area contributed by atoms with E-state index in [0.717, 1.165) is 33.6 Å². The van der Waals surface area contributed by atoms with Crippen LogP contribution in [0.25, 0.3) is 36.9 Å². The fourth-order valence-electron chi connectivity index (χ4n) is 5.53. The Kier molecular flexibility index (Phi) is 3.85. The van der Waals surface area contributed by atoms with Crippen molar-refractivity contribution in [2.45, 2.75) is 0 Å². The van der Waals surface area contributed by atoms with E-state index in [1.54, 1.807) is 0 Å². The molecule has 35 heavy (non-hydrogen) atoms. The van der Waals surface area contributed by atoms with Gasteiger partial charge in [-0.05, 0) is 35.9 Å². The molecular weight excluding hydrogens is 444 g/mol. The van der Waals surface area contributed by atoms with Gasteiger partial charge in [0.2, 0.25) is 0 Å². The van der Waals surface area contributed by atoms with Crippen molar-refractivity contribution in [2.24, 2.45) is 9.98 Å². The molecule has 0 saturated carbocycles. The Morgan fingerprint density at radius 2 is 1.34 bits per heavy atom. The lowest BCUT2D eigenvalue weighted by atomic mass is 9.92. The van der Waals surface area contributed by atoms with Gasteiger partial charge in [0.15, 0.2) is 0 Å². The van der Waals surface area contributed by atoms with Gasteiger partial charge < -0.3 is 0 Å². The predicted molar refractivity (Wildman–Crippen MR) is 147 cm³/mol. The second-order valence-electron chi connectivity index (χ2n) is 8.96. The quantitative estimate of drug-likeness (QED) is 0.257. The van der Waals surface area contributed by atoms with Gasteiger partial charge in [-0.3, -0.25) is 0 Å². The summed E-state index contributed by atoms with van der Waals surface area (Å²) in [6, 6.07) is 38.7. The summed E-state index contributed by atoms with van der Waals surface area (Å²) in [5.74, 6) is 0. The Bertz CT molecular complexity index is 2000. The highest BCUT2D eigenvalue weighted by Gasteiger charge is 2.27. The van der Waals surface area contributed by atoms with Crippen LogP contribution in [0, 0.1) is 0 Å². The zero-order valence-corrected chi connectivity index (χ0v) is 19.5. The number of nitrogens with zero attached hydrogens (tertiary/aromatic N) is 2. The molecule has 0 radical (unpaired) electrons. The molecule has 162 valence electrons. The number of hydrogen-bond acceptors (Lipinski definition) is 3. The van der Waals surface area contributed by atoms with E-state index >= 15 is 0 Å². The molecule has 8 rings (SSSR count).